The van der Waals surface area contributed by atoms with Crippen molar-refractivity contribution in [2.24, 2.45) is 5.92 Å². The lowest BCUT2D eigenvalue weighted by Gasteiger charge is -2.31. The predicted molar refractivity (Wildman–Crippen MR) is 138 cm³/mol. The average molecular weight is 569 g/mol. The highest BCUT2D eigenvalue weighted by Gasteiger charge is 2.36. The number of benzene rings is 1. The summed E-state index contributed by atoms with van der Waals surface area (Å²) < 4.78 is 27.3. The van der Waals surface area contributed by atoms with E-state index < -0.39 is 27.1 Å². The number of nitrogens with zero attached hydrogens (tertiary/aromatic N) is 3. The molecule has 0 saturated carbocycles. The van der Waals surface area contributed by atoms with Gasteiger partial charge in [-0.05, 0) is 54.4 Å². The molecule has 13 heteroatoms. The quantitative estimate of drug-likeness (QED) is 0.506. The minimum absolute atomic E-state index is 0.0407. The Hall–Kier alpha value is -2.44. The Kier molecular flexibility index (Phi) is 8.36. The molecule has 0 unspecified atom stereocenters. The molecule has 2 aliphatic rings. The van der Waals surface area contributed by atoms with E-state index in [-0.39, 0.29) is 47.0 Å². The number of sulfonamides is 1. The number of carbonyl (C=O) groups is 3. The van der Waals surface area contributed by atoms with Crippen molar-refractivity contribution in [2.45, 2.75) is 17.7 Å². The molecule has 9 nitrogen and oxygen atoms in total. The SMILES string of the molecule is O=C(NCCN1C(=O)S/C(=C\c2cccnc2)C1=O)C1CCN(S(=O)(=O)c2c(Cl)cccc2Cl)CC1. The van der Waals surface area contributed by atoms with Gasteiger partial charge in [0.25, 0.3) is 11.1 Å². The normalized spacial score (nSPS) is 18.7. The summed E-state index contributed by atoms with van der Waals surface area (Å²) in [6, 6.07) is 8.01. The number of hydrogen-bond donors (Lipinski definition) is 1. The molecule has 4 rings (SSSR count). The summed E-state index contributed by atoms with van der Waals surface area (Å²) >= 11 is 13.0. The summed E-state index contributed by atoms with van der Waals surface area (Å²) in [6.07, 6.45) is 5.45. The van der Waals surface area contributed by atoms with Crippen molar-refractivity contribution in [2.75, 3.05) is 26.2 Å². The zero-order valence-corrected chi connectivity index (χ0v) is 22.0. The number of amides is 3. The van der Waals surface area contributed by atoms with E-state index in [1.807, 2.05) is 0 Å². The zero-order chi connectivity index (χ0) is 25.9. The van der Waals surface area contributed by atoms with Gasteiger partial charge in [-0.15, -0.1) is 0 Å². The number of pyridine rings is 1. The fraction of sp³-hybridized carbons (Fsp3) is 0.304. The molecule has 2 aromatic rings. The van der Waals surface area contributed by atoms with E-state index in [1.54, 1.807) is 36.7 Å². The molecule has 0 spiro atoms. The lowest BCUT2D eigenvalue weighted by Crippen LogP contribution is -2.44. The van der Waals surface area contributed by atoms with Crippen LogP contribution in [0.1, 0.15) is 18.4 Å². The number of nitrogens with one attached hydrogen (secondary N) is 1. The summed E-state index contributed by atoms with van der Waals surface area (Å²) in [5.74, 6) is -1.06. The largest absolute Gasteiger partial charge is 0.354 e. The maximum absolute atomic E-state index is 13.0. The number of rotatable bonds is 7. The maximum atomic E-state index is 13.0. The van der Waals surface area contributed by atoms with Gasteiger partial charge in [-0.2, -0.15) is 4.31 Å². The lowest BCUT2D eigenvalue weighted by molar-refractivity contribution is -0.127. The second-order valence-corrected chi connectivity index (χ2v) is 11.8. The Balaban J connectivity index is 1.28. The van der Waals surface area contributed by atoms with Crippen molar-refractivity contribution in [3.63, 3.8) is 0 Å². The van der Waals surface area contributed by atoms with Crippen molar-refractivity contribution in [3.05, 3.63) is 63.2 Å². The van der Waals surface area contributed by atoms with Gasteiger partial charge in [0.2, 0.25) is 15.9 Å². The van der Waals surface area contributed by atoms with E-state index in [0.717, 1.165) is 16.7 Å². The summed E-state index contributed by atoms with van der Waals surface area (Å²) in [7, 11) is -3.90. The van der Waals surface area contributed by atoms with Gasteiger partial charge in [0.05, 0.1) is 15.0 Å². The topological polar surface area (TPSA) is 117 Å². The Morgan fingerprint density at radius 2 is 1.83 bits per heavy atom. The molecule has 2 fully saturated rings. The highest BCUT2D eigenvalue weighted by Crippen LogP contribution is 2.34. The van der Waals surface area contributed by atoms with Crippen LogP contribution in [0, 0.1) is 5.92 Å². The van der Waals surface area contributed by atoms with Crippen LogP contribution in [0.5, 0.6) is 0 Å². The second-order valence-electron chi connectivity index (χ2n) is 8.14. The molecule has 0 bridgehead atoms. The number of piperidine rings is 1. The van der Waals surface area contributed by atoms with Crippen molar-refractivity contribution < 1.29 is 22.8 Å². The molecule has 3 heterocycles. The van der Waals surface area contributed by atoms with E-state index in [4.69, 9.17) is 23.2 Å². The Bertz CT molecular complexity index is 1290. The molecule has 0 atom stereocenters. The molecule has 0 aliphatic carbocycles. The van der Waals surface area contributed by atoms with Crippen LogP contribution in [0.3, 0.4) is 0 Å². The van der Waals surface area contributed by atoms with Gasteiger partial charge >= 0.3 is 0 Å². The van der Waals surface area contributed by atoms with Gasteiger partial charge in [0.1, 0.15) is 4.90 Å². The fourth-order valence-electron chi connectivity index (χ4n) is 3.96. The van der Waals surface area contributed by atoms with E-state index in [0.29, 0.717) is 23.3 Å². The molecule has 0 radical (unpaired) electrons. The van der Waals surface area contributed by atoms with Gasteiger partial charge in [-0.25, -0.2) is 8.42 Å². The number of halogens is 2. The Labute approximate surface area is 222 Å². The highest BCUT2D eigenvalue weighted by atomic mass is 35.5. The van der Waals surface area contributed by atoms with Crippen LogP contribution in [0.25, 0.3) is 6.08 Å². The first-order valence-electron chi connectivity index (χ1n) is 11.1. The molecule has 190 valence electrons. The molecular weight excluding hydrogens is 547 g/mol. The van der Waals surface area contributed by atoms with Crippen LogP contribution in [0.15, 0.2) is 52.5 Å². The van der Waals surface area contributed by atoms with Crippen LogP contribution in [-0.2, 0) is 19.6 Å². The van der Waals surface area contributed by atoms with Crippen molar-refractivity contribution in [1.82, 2.24) is 19.5 Å². The first-order valence-corrected chi connectivity index (χ1v) is 14.1. The summed E-state index contributed by atoms with van der Waals surface area (Å²) in [5, 5.41) is 2.45. The maximum Gasteiger partial charge on any atom is 0.293 e. The first kappa shape index (κ1) is 26.6. The van der Waals surface area contributed by atoms with Crippen molar-refractivity contribution in [3.8, 4) is 0 Å². The average Bonchev–Trinajstić information content (AvgIpc) is 3.11. The van der Waals surface area contributed by atoms with Crippen LogP contribution in [0.2, 0.25) is 10.0 Å². The predicted octanol–water partition coefficient (Wildman–Crippen LogP) is 3.64. The van der Waals surface area contributed by atoms with Gasteiger partial charge in [-0.3, -0.25) is 24.3 Å². The molecular formula is C23H22Cl2N4O5S2. The molecule has 36 heavy (non-hydrogen) atoms. The zero-order valence-electron chi connectivity index (χ0n) is 18.9. The second kappa shape index (κ2) is 11.3. The van der Waals surface area contributed by atoms with E-state index in [2.05, 4.69) is 10.3 Å². The third-order valence-corrected chi connectivity index (χ3v) is 9.59. The van der Waals surface area contributed by atoms with Crippen molar-refractivity contribution >= 4 is 68.1 Å². The number of hydrogen-bond acceptors (Lipinski definition) is 7. The van der Waals surface area contributed by atoms with Gasteiger partial charge in [0.15, 0.2) is 0 Å². The van der Waals surface area contributed by atoms with Gasteiger partial charge in [0, 0.05) is 44.5 Å². The monoisotopic (exact) mass is 568 g/mol. The van der Waals surface area contributed by atoms with E-state index in [9.17, 15) is 22.8 Å². The molecule has 2 saturated heterocycles. The third kappa shape index (κ3) is 5.76. The standard InChI is InChI=1S/C23H22Cl2N4O5S2/c24-17-4-1-5-18(25)20(17)36(33,34)28-10-6-16(7-11-28)21(30)27-9-12-29-22(31)19(35-23(29)32)13-15-3-2-8-26-14-15/h1-5,8,13-14,16H,6-7,9-12H2,(H,27,30)/b19-13-. The minimum atomic E-state index is -3.90. The van der Waals surface area contributed by atoms with Crippen LogP contribution < -0.4 is 5.32 Å². The smallest absolute Gasteiger partial charge is 0.293 e. The molecule has 2 aliphatic heterocycles. The van der Waals surface area contributed by atoms with Gasteiger partial charge < -0.3 is 5.32 Å². The fourth-order valence-corrected chi connectivity index (χ4v) is 7.38. The number of carbonyl (C=O) groups excluding carboxylic acids is 3. The minimum Gasteiger partial charge on any atom is -0.354 e. The number of imide groups is 1. The molecule has 1 aromatic carbocycles. The van der Waals surface area contributed by atoms with E-state index in [1.165, 1.54) is 16.4 Å². The summed E-state index contributed by atoms with van der Waals surface area (Å²) in [6.45, 7) is 0.429. The molecule has 1 aromatic heterocycles. The van der Waals surface area contributed by atoms with Gasteiger partial charge in [-0.1, -0.05) is 35.3 Å². The van der Waals surface area contributed by atoms with Crippen LogP contribution in [0.4, 0.5) is 4.79 Å². The molecule has 1 N–H and O–H groups in total. The van der Waals surface area contributed by atoms with Crippen molar-refractivity contribution in [1.29, 1.82) is 0 Å². The Morgan fingerprint density at radius 3 is 2.47 bits per heavy atom. The third-order valence-electron chi connectivity index (χ3n) is 5.83. The number of thioether (sulfide) groups is 1. The van der Waals surface area contributed by atoms with Crippen LogP contribution in [-0.4, -0.2) is 65.8 Å². The lowest BCUT2D eigenvalue weighted by atomic mass is 9.97. The highest BCUT2D eigenvalue weighted by molar-refractivity contribution is 8.18. The Morgan fingerprint density at radius 1 is 1.14 bits per heavy atom. The molecule has 3 amide bonds. The summed E-state index contributed by atoms with van der Waals surface area (Å²) in [4.78, 5) is 42.8. The first-order chi connectivity index (χ1) is 17.2. The number of aromatic nitrogens is 1. The van der Waals surface area contributed by atoms with Crippen LogP contribution >= 0.6 is 35.0 Å². The van der Waals surface area contributed by atoms with E-state index >= 15 is 0 Å². The summed E-state index contributed by atoms with van der Waals surface area (Å²) in [5.41, 5.74) is 0.710.